The molecule has 0 amide bonds. The van der Waals surface area contributed by atoms with Gasteiger partial charge in [-0.3, -0.25) is 4.90 Å². The summed E-state index contributed by atoms with van der Waals surface area (Å²) in [5, 5.41) is 8.77. The van der Waals surface area contributed by atoms with Crippen LogP contribution in [-0.2, 0) is 10.0 Å². The maximum atomic E-state index is 12.0. The van der Waals surface area contributed by atoms with Crippen molar-refractivity contribution >= 4 is 16.0 Å². The number of rotatable bonds is 6. The number of hydrogen-bond donors (Lipinski definition) is 3. The SMILES string of the molecule is CC(CNS(=O)(=O)c1c[nH]c(C(=O)O)c1)N1CCCC1. The predicted molar refractivity (Wildman–Crippen MR) is 73.2 cm³/mol. The molecule has 112 valence electrons. The zero-order valence-electron chi connectivity index (χ0n) is 11.3. The van der Waals surface area contributed by atoms with Crippen molar-refractivity contribution in [2.45, 2.75) is 30.7 Å². The van der Waals surface area contributed by atoms with Gasteiger partial charge in [-0.15, -0.1) is 0 Å². The third kappa shape index (κ3) is 3.38. The van der Waals surface area contributed by atoms with Crippen molar-refractivity contribution in [3.8, 4) is 0 Å². The molecular formula is C12H19N3O4S. The molecule has 1 aromatic heterocycles. The van der Waals surface area contributed by atoms with Gasteiger partial charge in [0.25, 0.3) is 0 Å². The summed E-state index contributed by atoms with van der Waals surface area (Å²) < 4.78 is 26.6. The van der Waals surface area contributed by atoms with E-state index in [1.165, 1.54) is 6.20 Å². The summed E-state index contributed by atoms with van der Waals surface area (Å²) in [5.41, 5.74) is -0.141. The average Bonchev–Trinajstić information content (AvgIpc) is 3.06. The van der Waals surface area contributed by atoms with E-state index in [0.29, 0.717) is 6.54 Å². The van der Waals surface area contributed by atoms with Crippen LogP contribution in [0.3, 0.4) is 0 Å². The Labute approximate surface area is 118 Å². The van der Waals surface area contributed by atoms with Gasteiger partial charge in [0, 0.05) is 18.8 Å². The Morgan fingerprint density at radius 3 is 2.70 bits per heavy atom. The molecule has 1 fully saturated rings. The summed E-state index contributed by atoms with van der Waals surface area (Å²) in [6, 6.07) is 1.25. The number of likely N-dealkylation sites (tertiary alicyclic amines) is 1. The molecule has 8 heteroatoms. The van der Waals surface area contributed by atoms with E-state index in [1.54, 1.807) is 0 Å². The molecule has 1 aliphatic heterocycles. The van der Waals surface area contributed by atoms with Crippen molar-refractivity contribution < 1.29 is 18.3 Å². The highest BCUT2D eigenvalue weighted by Gasteiger charge is 2.22. The molecule has 0 aliphatic carbocycles. The van der Waals surface area contributed by atoms with Crippen LogP contribution >= 0.6 is 0 Å². The normalized spacial score (nSPS) is 18.2. The van der Waals surface area contributed by atoms with E-state index in [1.807, 2.05) is 6.92 Å². The molecule has 0 spiro atoms. The lowest BCUT2D eigenvalue weighted by atomic mass is 10.3. The van der Waals surface area contributed by atoms with Crippen LogP contribution in [0.5, 0.6) is 0 Å². The minimum absolute atomic E-state index is 0.0523. The highest BCUT2D eigenvalue weighted by atomic mass is 32.2. The summed E-state index contributed by atoms with van der Waals surface area (Å²) in [7, 11) is -3.67. The zero-order chi connectivity index (χ0) is 14.8. The van der Waals surface area contributed by atoms with Crippen molar-refractivity contribution in [2.75, 3.05) is 19.6 Å². The van der Waals surface area contributed by atoms with Crippen molar-refractivity contribution in [2.24, 2.45) is 0 Å². The number of H-pyrrole nitrogens is 1. The van der Waals surface area contributed by atoms with Gasteiger partial charge in [0.15, 0.2) is 0 Å². The first kappa shape index (κ1) is 15.0. The van der Waals surface area contributed by atoms with E-state index >= 15 is 0 Å². The number of carboxylic acids is 1. The summed E-state index contributed by atoms with van der Waals surface area (Å²) in [4.78, 5) is 15.3. The molecular weight excluding hydrogens is 282 g/mol. The predicted octanol–water partition coefficient (Wildman–Crippen LogP) is 0.475. The third-order valence-electron chi connectivity index (χ3n) is 3.53. The molecule has 0 radical (unpaired) electrons. The van der Waals surface area contributed by atoms with Crippen LogP contribution in [0.15, 0.2) is 17.2 Å². The van der Waals surface area contributed by atoms with E-state index in [4.69, 9.17) is 5.11 Å². The largest absolute Gasteiger partial charge is 0.477 e. The second-order valence-corrected chi connectivity index (χ2v) is 6.77. The maximum Gasteiger partial charge on any atom is 0.352 e. The summed E-state index contributed by atoms with van der Waals surface area (Å²) >= 11 is 0. The lowest BCUT2D eigenvalue weighted by molar-refractivity contribution is 0.0691. The fourth-order valence-corrected chi connectivity index (χ4v) is 3.39. The van der Waals surface area contributed by atoms with Gasteiger partial charge in [0.2, 0.25) is 10.0 Å². The second kappa shape index (κ2) is 5.94. The van der Waals surface area contributed by atoms with Crippen LogP contribution in [0.25, 0.3) is 0 Å². The second-order valence-electron chi connectivity index (χ2n) is 5.00. The number of hydrogen-bond acceptors (Lipinski definition) is 4. The molecule has 1 aliphatic rings. The molecule has 2 heterocycles. The minimum Gasteiger partial charge on any atom is -0.477 e. The summed E-state index contributed by atoms with van der Waals surface area (Å²) in [5.74, 6) is -1.18. The molecule has 7 nitrogen and oxygen atoms in total. The molecule has 3 N–H and O–H groups in total. The molecule has 0 saturated carbocycles. The Bertz CT molecular complexity index is 575. The molecule has 0 bridgehead atoms. The van der Waals surface area contributed by atoms with Gasteiger partial charge < -0.3 is 10.1 Å². The van der Waals surface area contributed by atoms with Gasteiger partial charge in [-0.25, -0.2) is 17.9 Å². The van der Waals surface area contributed by atoms with E-state index in [0.717, 1.165) is 32.0 Å². The van der Waals surface area contributed by atoms with Crippen molar-refractivity contribution in [1.82, 2.24) is 14.6 Å². The van der Waals surface area contributed by atoms with Gasteiger partial charge in [0.1, 0.15) is 10.6 Å². The standard InChI is InChI=1S/C12H19N3O4S/c1-9(15-4-2-3-5-15)7-14-20(18,19)10-6-11(12(16)17)13-8-10/h6,8-9,13-14H,2-5,7H2,1H3,(H,16,17). The molecule has 1 atom stereocenters. The molecule has 1 unspecified atom stereocenters. The fourth-order valence-electron chi connectivity index (χ4n) is 2.28. The number of carbonyl (C=O) groups is 1. The Kier molecular flexibility index (Phi) is 4.46. The molecule has 20 heavy (non-hydrogen) atoms. The van der Waals surface area contributed by atoms with Gasteiger partial charge in [-0.05, 0) is 38.9 Å². The number of nitrogens with zero attached hydrogens (tertiary/aromatic N) is 1. The molecule has 0 aromatic carbocycles. The molecule has 2 rings (SSSR count). The fraction of sp³-hybridized carbons (Fsp3) is 0.583. The first-order valence-electron chi connectivity index (χ1n) is 6.55. The molecule has 1 aromatic rings. The number of aromatic nitrogens is 1. The van der Waals surface area contributed by atoms with Crippen LogP contribution in [-0.4, -0.2) is 55.1 Å². The van der Waals surface area contributed by atoms with Crippen LogP contribution in [0.2, 0.25) is 0 Å². The highest BCUT2D eigenvalue weighted by molar-refractivity contribution is 7.89. The Morgan fingerprint density at radius 2 is 2.15 bits per heavy atom. The maximum absolute atomic E-state index is 12.0. The monoisotopic (exact) mass is 301 g/mol. The number of aromatic amines is 1. The smallest absolute Gasteiger partial charge is 0.352 e. The van der Waals surface area contributed by atoms with Crippen LogP contribution in [0.4, 0.5) is 0 Å². The van der Waals surface area contributed by atoms with E-state index in [9.17, 15) is 13.2 Å². The van der Waals surface area contributed by atoms with E-state index in [2.05, 4.69) is 14.6 Å². The zero-order valence-corrected chi connectivity index (χ0v) is 12.1. The van der Waals surface area contributed by atoms with E-state index < -0.39 is 16.0 Å². The van der Waals surface area contributed by atoms with E-state index in [-0.39, 0.29) is 16.6 Å². The van der Waals surface area contributed by atoms with Gasteiger partial charge in [-0.2, -0.15) is 0 Å². The first-order chi connectivity index (χ1) is 9.40. The minimum atomic E-state index is -3.67. The van der Waals surface area contributed by atoms with Gasteiger partial charge >= 0.3 is 5.97 Å². The Morgan fingerprint density at radius 1 is 1.50 bits per heavy atom. The summed E-state index contributed by atoms with van der Waals surface area (Å²) in [6.07, 6.45) is 3.49. The van der Waals surface area contributed by atoms with Crippen molar-refractivity contribution in [1.29, 1.82) is 0 Å². The Hall–Kier alpha value is -1.38. The van der Waals surface area contributed by atoms with Crippen molar-refractivity contribution in [3.63, 3.8) is 0 Å². The number of carboxylic acid groups (broad SMARTS) is 1. The van der Waals surface area contributed by atoms with Crippen LogP contribution in [0.1, 0.15) is 30.3 Å². The summed E-state index contributed by atoms with van der Waals surface area (Å²) in [6.45, 7) is 4.29. The Balaban J connectivity index is 1.97. The lowest BCUT2D eigenvalue weighted by Crippen LogP contribution is -2.40. The number of sulfonamides is 1. The lowest BCUT2D eigenvalue weighted by Gasteiger charge is -2.23. The third-order valence-corrected chi connectivity index (χ3v) is 4.93. The average molecular weight is 301 g/mol. The topological polar surface area (TPSA) is 102 Å². The number of aromatic carboxylic acids is 1. The quantitative estimate of drug-likeness (QED) is 0.709. The van der Waals surface area contributed by atoms with Crippen LogP contribution < -0.4 is 4.72 Å². The van der Waals surface area contributed by atoms with Crippen molar-refractivity contribution in [3.05, 3.63) is 18.0 Å². The first-order valence-corrected chi connectivity index (χ1v) is 8.04. The highest BCUT2D eigenvalue weighted by Crippen LogP contribution is 2.13. The van der Waals surface area contributed by atoms with Gasteiger partial charge in [0.05, 0.1) is 0 Å². The number of nitrogens with one attached hydrogen (secondary N) is 2. The van der Waals surface area contributed by atoms with Crippen LogP contribution in [0, 0.1) is 0 Å². The van der Waals surface area contributed by atoms with Gasteiger partial charge in [-0.1, -0.05) is 0 Å². The molecule has 1 saturated heterocycles.